The smallest absolute Gasteiger partial charge is 0.226 e. The van der Waals surface area contributed by atoms with Crippen LogP contribution in [0.5, 0.6) is 0 Å². The largest absolute Gasteiger partial charge is 0.377 e. The lowest BCUT2D eigenvalue weighted by molar-refractivity contribution is 0.0934. The fourth-order valence-corrected chi connectivity index (χ4v) is 2.29. The van der Waals surface area contributed by atoms with Gasteiger partial charge in [-0.1, -0.05) is 6.92 Å². The van der Waals surface area contributed by atoms with Crippen molar-refractivity contribution in [3.05, 3.63) is 12.3 Å². The Kier molecular flexibility index (Phi) is 5.55. The predicted octanol–water partition coefficient (Wildman–Crippen LogP) is 0.747. The quantitative estimate of drug-likeness (QED) is 0.776. The van der Waals surface area contributed by atoms with Crippen LogP contribution < -0.4 is 15.1 Å². The first-order chi connectivity index (χ1) is 9.72. The van der Waals surface area contributed by atoms with Gasteiger partial charge in [-0.25, -0.2) is 4.98 Å². The molecule has 1 aliphatic rings. The molecule has 6 nitrogen and oxygen atoms in total. The number of rotatable bonds is 6. The van der Waals surface area contributed by atoms with Gasteiger partial charge in [0.25, 0.3) is 0 Å². The molecule has 112 valence electrons. The van der Waals surface area contributed by atoms with Crippen molar-refractivity contribution in [2.24, 2.45) is 0 Å². The molecular formula is C14H25N5O. The summed E-state index contributed by atoms with van der Waals surface area (Å²) in [5, 5.41) is 3.47. The summed E-state index contributed by atoms with van der Waals surface area (Å²) in [5.41, 5.74) is 0. The summed E-state index contributed by atoms with van der Waals surface area (Å²) in [6, 6.07) is 2.31. The maximum atomic E-state index is 5.61. The minimum atomic E-state index is 0.334. The molecule has 1 aromatic rings. The fourth-order valence-electron chi connectivity index (χ4n) is 2.29. The third kappa shape index (κ3) is 3.80. The Morgan fingerprint density at radius 2 is 2.35 bits per heavy atom. The molecule has 2 heterocycles. The van der Waals surface area contributed by atoms with Crippen LogP contribution in [0, 0.1) is 0 Å². The van der Waals surface area contributed by atoms with Crippen LogP contribution in [0.4, 0.5) is 11.8 Å². The highest BCUT2D eigenvalue weighted by Crippen LogP contribution is 2.18. The normalized spacial score (nSPS) is 19.1. The average Bonchev–Trinajstić information content (AvgIpc) is 2.48. The number of anilines is 2. The second-order valence-electron chi connectivity index (χ2n) is 5.24. The van der Waals surface area contributed by atoms with Crippen LogP contribution >= 0.6 is 0 Å². The van der Waals surface area contributed by atoms with Gasteiger partial charge in [-0.3, -0.25) is 0 Å². The molecule has 1 atom stereocenters. The molecule has 1 aliphatic heterocycles. The Balaban J connectivity index is 2.08. The third-order valence-electron chi connectivity index (χ3n) is 3.36. The van der Waals surface area contributed by atoms with E-state index in [1.807, 2.05) is 31.3 Å². The molecule has 1 N–H and O–H groups in total. The van der Waals surface area contributed by atoms with Gasteiger partial charge in [0.15, 0.2) is 0 Å². The van der Waals surface area contributed by atoms with Crippen LogP contribution in [0.2, 0.25) is 0 Å². The van der Waals surface area contributed by atoms with Crippen LogP contribution in [0.15, 0.2) is 12.3 Å². The molecule has 0 spiro atoms. The maximum Gasteiger partial charge on any atom is 0.226 e. The molecule has 20 heavy (non-hydrogen) atoms. The Morgan fingerprint density at radius 1 is 1.50 bits per heavy atom. The number of aromatic nitrogens is 2. The van der Waals surface area contributed by atoms with E-state index in [4.69, 9.17) is 4.74 Å². The highest BCUT2D eigenvalue weighted by molar-refractivity contribution is 5.44. The number of nitrogens with one attached hydrogen (secondary N) is 1. The van der Waals surface area contributed by atoms with E-state index in [0.29, 0.717) is 6.04 Å². The molecule has 0 bridgehead atoms. The van der Waals surface area contributed by atoms with Crippen molar-refractivity contribution in [2.75, 3.05) is 56.7 Å². The van der Waals surface area contributed by atoms with Gasteiger partial charge < -0.3 is 19.9 Å². The summed E-state index contributed by atoms with van der Waals surface area (Å²) >= 11 is 0. The molecule has 1 fully saturated rings. The molecule has 0 aromatic carbocycles. The van der Waals surface area contributed by atoms with E-state index in [9.17, 15) is 0 Å². The van der Waals surface area contributed by atoms with Crippen LogP contribution in [0.1, 0.15) is 13.3 Å². The lowest BCUT2D eigenvalue weighted by Gasteiger charge is -2.36. The van der Waals surface area contributed by atoms with Gasteiger partial charge in [0.1, 0.15) is 5.82 Å². The molecule has 6 heteroatoms. The molecule has 0 aliphatic carbocycles. The summed E-state index contributed by atoms with van der Waals surface area (Å²) in [4.78, 5) is 13.2. The molecule has 1 unspecified atom stereocenters. The SMILES string of the molecule is CCCNCC1COCCN1c1ccnc(N(C)C)n1. The zero-order valence-corrected chi connectivity index (χ0v) is 12.7. The minimum Gasteiger partial charge on any atom is -0.377 e. The van der Waals surface area contributed by atoms with Crippen molar-refractivity contribution in [2.45, 2.75) is 19.4 Å². The Bertz CT molecular complexity index is 412. The predicted molar refractivity (Wildman–Crippen MR) is 81.5 cm³/mol. The fraction of sp³-hybridized carbons (Fsp3) is 0.714. The van der Waals surface area contributed by atoms with Crippen LogP contribution in [0.25, 0.3) is 0 Å². The second kappa shape index (κ2) is 7.40. The van der Waals surface area contributed by atoms with Gasteiger partial charge in [-0.05, 0) is 19.0 Å². The number of ether oxygens (including phenoxy) is 1. The van der Waals surface area contributed by atoms with Gasteiger partial charge in [-0.2, -0.15) is 4.98 Å². The van der Waals surface area contributed by atoms with Gasteiger partial charge in [0.2, 0.25) is 5.95 Å². The first kappa shape index (κ1) is 15.0. The maximum absolute atomic E-state index is 5.61. The minimum absolute atomic E-state index is 0.334. The number of hydrogen-bond acceptors (Lipinski definition) is 6. The first-order valence-electron chi connectivity index (χ1n) is 7.28. The molecule has 1 saturated heterocycles. The van der Waals surface area contributed by atoms with E-state index >= 15 is 0 Å². The molecule has 2 rings (SSSR count). The third-order valence-corrected chi connectivity index (χ3v) is 3.36. The van der Waals surface area contributed by atoms with Gasteiger partial charge in [0.05, 0.1) is 19.3 Å². The molecule has 0 radical (unpaired) electrons. The second-order valence-corrected chi connectivity index (χ2v) is 5.24. The van der Waals surface area contributed by atoms with Crippen molar-refractivity contribution in [3.8, 4) is 0 Å². The summed E-state index contributed by atoms with van der Waals surface area (Å²) in [6.45, 7) is 6.52. The lowest BCUT2D eigenvalue weighted by Crippen LogP contribution is -2.51. The highest BCUT2D eigenvalue weighted by atomic mass is 16.5. The number of nitrogens with zero attached hydrogens (tertiary/aromatic N) is 4. The van der Waals surface area contributed by atoms with Gasteiger partial charge >= 0.3 is 0 Å². The van der Waals surface area contributed by atoms with Crippen LogP contribution in [-0.2, 0) is 4.74 Å². The van der Waals surface area contributed by atoms with E-state index in [1.165, 1.54) is 0 Å². The summed E-state index contributed by atoms with van der Waals surface area (Å²) in [6.07, 6.45) is 2.97. The summed E-state index contributed by atoms with van der Waals surface area (Å²) in [7, 11) is 3.91. The van der Waals surface area contributed by atoms with Crippen molar-refractivity contribution in [1.82, 2.24) is 15.3 Å². The van der Waals surface area contributed by atoms with Crippen LogP contribution in [0.3, 0.4) is 0 Å². The molecule has 0 amide bonds. The Labute approximate surface area is 121 Å². The van der Waals surface area contributed by atoms with E-state index in [1.54, 1.807) is 0 Å². The van der Waals surface area contributed by atoms with Crippen molar-refractivity contribution in [3.63, 3.8) is 0 Å². The summed E-state index contributed by atoms with van der Waals surface area (Å²) in [5.74, 6) is 1.73. The topological polar surface area (TPSA) is 53.5 Å². The average molecular weight is 279 g/mol. The summed E-state index contributed by atoms with van der Waals surface area (Å²) < 4.78 is 5.61. The Hall–Kier alpha value is -1.40. The monoisotopic (exact) mass is 279 g/mol. The van der Waals surface area contributed by atoms with Crippen molar-refractivity contribution in [1.29, 1.82) is 0 Å². The lowest BCUT2D eigenvalue weighted by atomic mass is 10.2. The molecular weight excluding hydrogens is 254 g/mol. The van der Waals surface area contributed by atoms with Gasteiger partial charge in [-0.15, -0.1) is 0 Å². The van der Waals surface area contributed by atoms with Crippen molar-refractivity contribution < 1.29 is 4.74 Å². The van der Waals surface area contributed by atoms with Crippen molar-refractivity contribution >= 4 is 11.8 Å². The molecule has 1 aromatic heterocycles. The Morgan fingerprint density at radius 3 is 3.10 bits per heavy atom. The standard InChI is InChI=1S/C14H25N5O/c1-4-6-15-10-12-11-20-9-8-19(12)13-5-7-16-14(17-13)18(2)3/h5,7,12,15H,4,6,8-11H2,1-3H3. The van der Waals surface area contributed by atoms with E-state index in [-0.39, 0.29) is 0 Å². The van der Waals surface area contributed by atoms with Crippen LogP contribution in [-0.4, -0.2) is 63.0 Å². The molecule has 0 saturated carbocycles. The highest BCUT2D eigenvalue weighted by Gasteiger charge is 2.24. The zero-order valence-electron chi connectivity index (χ0n) is 12.7. The zero-order chi connectivity index (χ0) is 14.4. The first-order valence-corrected chi connectivity index (χ1v) is 7.28. The van der Waals surface area contributed by atoms with E-state index in [2.05, 4.69) is 27.1 Å². The van der Waals surface area contributed by atoms with E-state index in [0.717, 1.165) is 51.0 Å². The van der Waals surface area contributed by atoms with E-state index < -0.39 is 0 Å². The van der Waals surface area contributed by atoms with Gasteiger partial charge in [0, 0.05) is 33.4 Å². The number of hydrogen-bond donors (Lipinski definition) is 1. The number of morpholine rings is 1.